The number of esters is 1. The van der Waals surface area contributed by atoms with Gasteiger partial charge in [-0.1, -0.05) is 37.3 Å². The van der Waals surface area contributed by atoms with E-state index in [1.165, 1.54) is 12.7 Å². The lowest BCUT2D eigenvalue weighted by Crippen LogP contribution is -2.53. The first kappa shape index (κ1) is 16.0. The van der Waals surface area contributed by atoms with E-state index in [1.807, 2.05) is 25.1 Å². The highest BCUT2D eigenvalue weighted by molar-refractivity contribution is 5.69. The summed E-state index contributed by atoms with van der Waals surface area (Å²) in [5.74, 6) is -0.764. The van der Waals surface area contributed by atoms with Crippen LogP contribution in [0.5, 0.6) is 0 Å². The number of halogens is 1. The first-order valence-electron chi connectivity index (χ1n) is 7.45. The molecule has 1 aromatic carbocycles. The Kier molecular flexibility index (Phi) is 4.99. The van der Waals surface area contributed by atoms with E-state index in [4.69, 9.17) is 4.74 Å². The van der Waals surface area contributed by atoms with Gasteiger partial charge in [-0.25, -0.2) is 4.39 Å². The predicted octanol–water partition coefficient (Wildman–Crippen LogP) is 3.05. The fourth-order valence-corrected chi connectivity index (χ4v) is 3.05. The van der Waals surface area contributed by atoms with Gasteiger partial charge in [-0.15, -0.1) is 0 Å². The molecule has 3 unspecified atom stereocenters. The van der Waals surface area contributed by atoms with Crippen LogP contribution in [-0.4, -0.2) is 36.7 Å². The molecule has 0 aliphatic carbocycles. The quantitative estimate of drug-likeness (QED) is 0.799. The van der Waals surface area contributed by atoms with Gasteiger partial charge >= 0.3 is 5.97 Å². The molecule has 0 saturated carbocycles. The number of likely N-dealkylation sites (tertiary alicyclic amines) is 1. The molecule has 116 valence electrons. The van der Waals surface area contributed by atoms with Gasteiger partial charge in [0.2, 0.25) is 0 Å². The Labute approximate surface area is 126 Å². The molecule has 2 rings (SSSR count). The Morgan fingerprint density at radius 2 is 2.05 bits per heavy atom. The number of benzene rings is 1. The Bertz CT molecular complexity index is 475. The molecule has 0 radical (unpaired) electrons. The van der Waals surface area contributed by atoms with Gasteiger partial charge in [0.15, 0.2) is 0 Å². The van der Waals surface area contributed by atoms with Crippen LogP contribution in [0.2, 0.25) is 0 Å². The van der Waals surface area contributed by atoms with E-state index in [-0.39, 0.29) is 24.2 Å². The van der Waals surface area contributed by atoms with Crippen molar-refractivity contribution in [2.45, 2.75) is 32.5 Å². The van der Waals surface area contributed by atoms with Crippen molar-refractivity contribution in [3.8, 4) is 0 Å². The van der Waals surface area contributed by atoms with Gasteiger partial charge in [0.25, 0.3) is 0 Å². The van der Waals surface area contributed by atoms with Gasteiger partial charge in [0, 0.05) is 31.5 Å². The number of hydrogen-bond acceptors (Lipinski definition) is 3. The highest BCUT2D eigenvalue weighted by Gasteiger charge is 2.45. The fourth-order valence-electron chi connectivity index (χ4n) is 3.05. The summed E-state index contributed by atoms with van der Waals surface area (Å²) in [6, 6.07) is 10.1. The molecule has 1 aliphatic rings. The molecular formula is C17H24FNO2. The lowest BCUT2D eigenvalue weighted by molar-refractivity contribution is -0.145. The van der Waals surface area contributed by atoms with Gasteiger partial charge in [-0.3, -0.25) is 9.69 Å². The molecular weight excluding hydrogens is 269 g/mol. The maximum Gasteiger partial charge on any atom is 0.305 e. The van der Waals surface area contributed by atoms with Crippen LogP contribution < -0.4 is 0 Å². The number of hydrogen-bond donors (Lipinski definition) is 0. The summed E-state index contributed by atoms with van der Waals surface area (Å²) < 4.78 is 19.6. The topological polar surface area (TPSA) is 29.5 Å². The predicted molar refractivity (Wildman–Crippen MR) is 80.5 cm³/mol. The van der Waals surface area contributed by atoms with Crippen LogP contribution in [0, 0.1) is 11.8 Å². The molecule has 4 heteroatoms. The van der Waals surface area contributed by atoms with E-state index in [0.717, 1.165) is 6.54 Å². The molecule has 0 N–H and O–H groups in total. The zero-order valence-corrected chi connectivity index (χ0v) is 13.0. The third kappa shape index (κ3) is 3.82. The summed E-state index contributed by atoms with van der Waals surface area (Å²) in [5, 5.41) is 0. The number of carbonyl (C=O) groups is 1. The Balaban J connectivity index is 2.07. The fraction of sp³-hybridized carbons (Fsp3) is 0.588. The SMILES string of the molecule is COC(=O)CC1CN(Cc2ccccc2)CC(C)C1(C)F. The Morgan fingerprint density at radius 1 is 1.38 bits per heavy atom. The highest BCUT2D eigenvalue weighted by Crippen LogP contribution is 2.38. The third-order valence-electron chi connectivity index (χ3n) is 4.66. The summed E-state index contributed by atoms with van der Waals surface area (Å²) in [6.07, 6.45) is 0.138. The van der Waals surface area contributed by atoms with Crippen LogP contribution in [0.3, 0.4) is 0 Å². The minimum absolute atomic E-state index is 0.107. The number of alkyl halides is 1. The monoisotopic (exact) mass is 293 g/mol. The Hall–Kier alpha value is -1.42. The first-order valence-corrected chi connectivity index (χ1v) is 7.45. The number of ether oxygens (including phenoxy) is 1. The van der Waals surface area contributed by atoms with E-state index in [2.05, 4.69) is 17.0 Å². The van der Waals surface area contributed by atoms with E-state index < -0.39 is 5.67 Å². The molecule has 1 saturated heterocycles. The van der Waals surface area contributed by atoms with Crippen molar-refractivity contribution in [3.05, 3.63) is 35.9 Å². The lowest BCUT2D eigenvalue weighted by Gasteiger charge is -2.45. The second kappa shape index (κ2) is 6.56. The largest absolute Gasteiger partial charge is 0.469 e. The molecule has 1 aromatic rings. The molecule has 0 amide bonds. The van der Waals surface area contributed by atoms with Gasteiger partial charge < -0.3 is 4.74 Å². The molecule has 21 heavy (non-hydrogen) atoms. The number of nitrogens with zero attached hydrogens (tertiary/aromatic N) is 1. The van der Waals surface area contributed by atoms with Crippen molar-refractivity contribution >= 4 is 5.97 Å². The molecule has 1 aliphatic heterocycles. The van der Waals surface area contributed by atoms with Crippen molar-refractivity contribution in [2.75, 3.05) is 20.2 Å². The smallest absolute Gasteiger partial charge is 0.305 e. The van der Waals surface area contributed by atoms with E-state index in [0.29, 0.717) is 13.1 Å². The number of methoxy groups -OCH3 is 1. The molecule has 1 heterocycles. The minimum Gasteiger partial charge on any atom is -0.469 e. The van der Waals surface area contributed by atoms with Crippen LogP contribution >= 0.6 is 0 Å². The molecule has 3 atom stereocenters. The summed E-state index contributed by atoms with van der Waals surface area (Å²) in [5.41, 5.74) is -0.120. The van der Waals surface area contributed by atoms with Crippen LogP contribution in [0.25, 0.3) is 0 Å². The van der Waals surface area contributed by atoms with Crippen molar-refractivity contribution in [2.24, 2.45) is 11.8 Å². The van der Waals surface area contributed by atoms with Crippen molar-refractivity contribution in [1.29, 1.82) is 0 Å². The van der Waals surface area contributed by atoms with Crippen molar-refractivity contribution < 1.29 is 13.9 Å². The highest BCUT2D eigenvalue weighted by atomic mass is 19.1. The van der Waals surface area contributed by atoms with Gasteiger partial charge in [-0.05, 0) is 12.5 Å². The molecule has 0 aromatic heterocycles. The lowest BCUT2D eigenvalue weighted by atomic mass is 9.75. The van der Waals surface area contributed by atoms with Crippen LogP contribution in [0.1, 0.15) is 25.8 Å². The number of rotatable bonds is 4. The van der Waals surface area contributed by atoms with Gasteiger partial charge in [0.05, 0.1) is 13.5 Å². The van der Waals surface area contributed by atoms with E-state index in [1.54, 1.807) is 6.92 Å². The van der Waals surface area contributed by atoms with Gasteiger partial charge in [-0.2, -0.15) is 0 Å². The maximum absolute atomic E-state index is 14.9. The number of carbonyl (C=O) groups excluding carboxylic acids is 1. The summed E-state index contributed by atoms with van der Waals surface area (Å²) in [7, 11) is 1.35. The van der Waals surface area contributed by atoms with Crippen molar-refractivity contribution in [3.63, 3.8) is 0 Å². The second-order valence-electron chi connectivity index (χ2n) is 6.21. The third-order valence-corrected chi connectivity index (χ3v) is 4.66. The van der Waals surface area contributed by atoms with Crippen molar-refractivity contribution in [1.82, 2.24) is 4.90 Å². The first-order chi connectivity index (χ1) is 9.93. The average Bonchev–Trinajstić information content (AvgIpc) is 2.45. The second-order valence-corrected chi connectivity index (χ2v) is 6.21. The van der Waals surface area contributed by atoms with Gasteiger partial charge in [0.1, 0.15) is 5.67 Å². The molecule has 0 bridgehead atoms. The van der Waals surface area contributed by atoms with E-state index >= 15 is 0 Å². The van der Waals surface area contributed by atoms with Crippen LogP contribution in [0.15, 0.2) is 30.3 Å². The van der Waals surface area contributed by atoms with Crippen LogP contribution in [0.4, 0.5) is 4.39 Å². The molecule has 1 fully saturated rings. The molecule has 3 nitrogen and oxygen atoms in total. The average molecular weight is 293 g/mol. The molecule has 0 spiro atoms. The normalized spacial score (nSPS) is 30.1. The summed E-state index contributed by atoms with van der Waals surface area (Å²) in [6.45, 7) is 5.62. The zero-order valence-electron chi connectivity index (χ0n) is 13.0. The standard InChI is InChI=1S/C17H24FNO2/c1-13-10-19(11-14-7-5-4-6-8-14)12-15(17(13,2)18)9-16(20)21-3/h4-8,13,15H,9-12H2,1-3H3. The zero-order chi connectivity index (χ0) is 15.5. The maximum atomic E-state index is 14.9. The number of piperidine rings is 1. The Morgan fingerprint density at radius 3 is 2.67 bits per heavy atom. The summed E-state index contributed by atoms with van der Waals surface area (Å²) in [4.78, 5) is 13.8. The minimum atomic E-state index is -1.33. The van der Waals surface area contributed by atoms with E-state index in [9.17, 15) is 9.18 Å². The van der Waals surface area contributed by atoms with Crippen LogP contribution in [-0.2, 0) is 16.1 Å². The summed E-state index contributed by atoms with van der Waals surface area (Å²) >= 11 is 0.